The van der Waals surface area contributed by atoms with E-state index in [0.717, 1.165) is 24.8 Å². The van der Waals surface area contributed by atoms with E-state index >= 15 is 0 Å². The zero-order valence-electron chi connectivity index (χ0n) is 14.6. The van der Waals surface area contributed by atoms with Gasteiger partial charge in [0.2, 0.25) is 5.43 Å². The predicted molar refractivity (Wildman–Crippen MR) is 96.5 cm³/mol. The molecule has 3 atom stereocenters. The maximum atomic E-state index is 13.2. The highest BCUT2D eigenvalue weighted by molar-refractivity contribution is 5.96. The lowest BCUT2D eigenvalue weighted by Crippen LogP contribution is -2.63. The van der Waals surface area contributed by atoms with E-state index in [1.807, 2.05) is 37.4 Å². The second-order valence-corrected chi connectivity index (χ2v) is 7.54. The van der Waals surface area contributed by atoms with Crippen molar-refractivity contribution in [1.29, 1.82) is 0 Å². The average Bonchev–Trinajstić information content (AvgIpc) is 3.37. The van der Waals surface area contributed by atoms with E-state index in [-0.39, 0.29) is 35.0 Å². The molecule has 2 saturated carbocycles. The molecule has 2 aromatic rings. The first kappa shape index (κ1) is 15.5. The van der Waals surface area contributed by atoms with Crippen LogP contribution in [0.15, 0.2) is 47.4 Å². The number of carbonyl (C=O) groups excluding carboxylic acids is 1. The summed E-state index contributed by atoms with van der Waals surface area (Å²) in [5, 5.41) is 0. The Labute approximate surface area is 151 Å². The number of fused-ring (bicyclic) bond motifs is 3. The minimum atomic E-state index is -0.333. The first-order valence-corrected chi connectivity index (χ1v) is 9.09. The van der Waals surface area contributed by atoms with Gasteiger partial charge in [0.25, 0.3) is 5.91 Å². The third-order valence-corrected chi connectivity index (χ3v) is 6.13. The Morgan fingerprint density at radius 1 is 1.23 bits per heavy atom. The number of hydrogen-bond donors (Lipinski definition) is 1. The summed E-state index contributed by atoms with van der Waals surface area (Å²) < 4.78 is 7.51. The van der Waals surface area contributed by atoms with Gasteiger partial charge in [-0.1, -0.05) is 30.3 Å². The standard InChI is InChI=1S/C20H21N3O3/c1-22-19(25)17-18(26-12-13-5-3-2-4-6-13)16(24)8-10-23(17)21-20(22)9-7-14-11-15(14)20/h2-6,8,10,14-15,21H,7,9,11-12H2,1H3. The molecule has 3 aliphatic rings. The van der Waals surface area contributed by atoms with Crippen LogP contribution in [0, 0.1) is 11.8 Å². The van der Waals surface area contributed by atoms with E-state index < -0.39 is 0 Å². The third-order valence-electron chi connectivity index (χ3n) is 6.13. The Kier molecular flexibility index (Phi) is 3.20. The molecule has 3 unspecified atom stereocenters. The van der Waals surface area contributed by atoms with Crippen LogP contribution in [0.2, 0.25) is 0 Å². The SMILES string of the molecule is CN1C(=O)c2c(OCc3ccccc3)c(=O)ccn2NC12CCC1CC12. The zero-order chi connectivity index (χ0) is 17.9. The minimum Gasteiger partial charge on any atom is -0.482 e. The maximum absolute atomic E-state index is 13.2. The summed E-state index contributed by atoms with van der Waals surface area (Å²) in [4.78, 5) is 27.4. The molecule has 6 nitrogen and oxygen atoms in total. The Bertz CT molecular complexity index is 939. The lowest BCUT2D eigenvalue weighted by Gasteiger charge is -2.46. The van der Waals surface area contributed by atoms with Crippen molar-refractivity contribution >= 4 is 5.91 Å². The van der Waals surface area contributed by atoms with E-state index in [0.29, 0.717) is 11.8 Å². The van der Waals surface area contributed by atoms with Crippen LogP contribution in [0.4, 0.5) is 0 Å². The number of rotatable bonds is 3. The Morgan fingerprint density at radius 2 is 2.04 bits per heavy atom. The van der Waals surface area contributed by atoms with Gasteiger partial charge in [-0.15, -0.1) is 0 Å². The van der Waals surface area contributed by atoms with Crippen LogP contribution in [0.25, 0.3) is 0 Å². The Morgan fingerprint density at radius 3 is 2.73 bits per heavy atom. The van der Waals surface area contributed by atoms with Crippen LogP contribution in [0.3, 0.4) is 0 Å². The molecule has 1 spiro atoms. The van der Waals surface area contributed by atoms with Crippen LogP contribution in [-0.2, 0) is 6.61 Å². The van der Waals surface area contributed by atoms with Crippen molar-refractivity contribution in [2.24, 2.45) is 11.8 Å². The number of hydrogen-bond acceptors (Lipinski definition) is 4. The maximum Gasteiger partial charge on any atom is 0.278 e. The second kappa shape index (κ2) is 5.37. The topological polar surface area (TPSA) is 63.6 Å². The molecular formula is C20H21N3O3. The first-order chi connectivity index (χ1) is 12.6. The van der Waals surface area contributed by atoms with Crippen LogP contribution in [0.5, 0.6) is 5.75 Å². The van der Waals surface area contributed by atoms with Crippen molar-refractivity contribution in [3.05, 3.63) is 64.1 Å². The van der Waals surface area contributed by atoms with E-state index in [4.69, 9.17) is 4.74 Å². The molecule has 0 radical (unpaired) electrons. The number of pyridine rings is 1. The second-order valence-electron chi connectivity index (χ2n) is 7.54. The number of nitrogens with zero attached hydrogens (tertiary/aromatic N) is 2. The summed E-state index contributed by atoms with van der Waals surface area (Å²) in [5.41, 5.74) is 4.14. The monoisotopic (exact) mass is 351 g/mol. The molecule has 0 bridgehead atoms. The van der Waals surface area contributed by atoms with Crippen molar-refractivity contribution in [3.8, 4) is 5.75 Å². The van der Waals surface area contributed by atoms with Gasteiger partial charge in [-0.3, -0.25) is 14.3 Å². The fourth-order valence-corrected chi connectivity index (χ4v) is 4.60. The number of carbonyl (C=O) groups is 1. The van der Waals surface area contributed by atoms with Crippen LogP contribution in [-0.4, -0.2) is 28.2 Å². The highest BCUT2D eigenvalue weighted by Crippen LogP contribution is 2.59. The highest BCUT2D eigenvalue weighted by Gasteiger charge is 2.63. The Hall–Kier alpha value is -2.76. The van der Waals surface area contributed by atoms with Crippen molar-refractivity contribution < 1.29 is 9.53 Å². The van der Waals surface area contributed by atoms with Crippen LogP contribution < -0.4 is 15.6 Å². The molecule has 2 fully saturated rings. The van der Waals surface area contributed by atoms with E-state index in [9.17, 15) is 9.59 Å². The van der Waals surface area contributed by atoms with Gasteiger partial charge in [0.15, 0.2) is 11.4 Å². The van der Waals surface area contributed by atoms with Crippen molar-refractivity contribution in [2.45, 2.75) is 31.5 Å². The summed E-state index contributed by atoms with van der Waals surface area (Å²) >= 11 is 0. The van der Waals surface area contributed by atoms with Gasteiger partial charge in [-0.2, -0.15) is 0 Å². The molecule has 6 heteroatoms. The lowest BCUT2D eigenvalue weighted by molar-refractivity contribution is 0.0465. The quantitative estimate of drug-likeness (QED) is 0.921. The number of nitrogens with one attached hydrogen (secondary N) is 1. The van der Waals surface area contributed by atoms with Crippen molar-refractivity contribution in [2.75, 3.05) is 12.5 Å². The molecule has 1 aliphatic heterocycles. The average molecular weight is 351 g/mol. The van der Waals surface area contributed by atoms with E-state index in [1.54, 1.807) is 15.8 Å². The fourth-order valence-electron chi connectivity index (χ4n) is 4.60. The van der Waals surface area contributed by atoms with Gasteiger partial charge in [0.1, 0.15) is 12.3 Å². The van der Waals surface area contributed by atoms with Gasteiger partial charge in [0, 0.05) is 25.2 Å². The first-order valence-electron chi connectivity index (χ1n) is 9.09. The Balaban J connectivity index is 1.52. The predicted octanol–water partition coefficient (Wildman–Crippen LogP) is 2.18. The molecule has 26 heavy (non-hydrogen) atoms. The molecule has 1 aromatic carbocycles. The molecule has 1 N–H and O–H groups in total. The van der Waals surface area contributed by atoms with Gasteiger partial charge in [-0.05, 0) is 30.7 Å². The highest BCUT2D eigenvalue weighted by atomic mass is 16.5. The number of benzene rings is 1. The molecular weight excluding hydrogens is 330 g/mol. The van der Waals surface area contributed by atoms with Gasteiger partial charge in [0.05, 0.1) is 0 Å². The molecule has 1 amide bonds. The fraction of sp³-hybridized carbons (Fsp3) is 0.400. The lowest BCUT2D eigenvalue weighted by atomic mass is 10.0. The van der Waals surface area contributed by atoms with Crippen molar-refractivity contribution in [1.82, 2.24) is 9.58 Å². The normalized spacial score (nSPS) is 28.5. The van der Waals surface area contributed by atoms with Gasteiger partial charge < -0.3 is 15.1 Å². The summed E-state index contributed by atoms with van der Waals surface area (Å²) in [7, 11) is 1.83. The molecule has 2 aliphatic carbocycles. The smallest absolute Gasteiger partial charge is 0.278 e. The third kappa shape index (κ3) is 2.11. The number of ether oxygens (including phenoxy) is 1. The van der Waals surface area contributed by atoms with Crippen molar-refractivity contribution in [3.63, 3.8) is 0 Å². The van der Waals surface area contributed by atoms with E-state index in [1.165, 1.54) is 6.07 Å². The van der Waals surface area contributed by atoms with Gasteiger partial charge in [-0.25, -0.2) is 0 Å². The summed E-state index contributed by atoms with van der Waals surface area (Å²) in [5.74, 6) is 1.17. The number of amides is 1. The molecule has 134 valence electrons. The molecule has 1 aromatic heterocycles. The molecule has 0 saturated heterocycles. The minimum absolute atomic E-state index is 0.112. The molecule has 2 heterocycles. The molecule has 5 rings (SSSR count). The van der Waals surface area contributed by atoms with Crippen LogP contribution >= 0.6 is 0 Å². The van der Waals surface area contributed by atoms with Crippen LogP contribution in [0.1, 0.15) is 35.3 Å². The largest absolute Gasteiger partial charge is 0.482 e. The van der Waals surface area contributed by atoms with Gasteiger partial charge >= 0.3 is 0 Å². The summed E-state index contributed by atoms with van der Waals surface area (Å²) in [6.07, 6.45) is 4.89. The zero-order valence-corrected chi connectivity index (χ0v) is 14.6. The number of aromatic nitrogens is 1. The summed E-state index contributed by atoms with van der Waals surface area (Å²) in [6, 6.07) is 11.1. The summed E-state index contributed by atoms with van der Waals surface area (Å²) in [6.45, 7) is 0.250. The van der Waals surface area contributed by atoms with E-state index in [2.05, 4.69) is 5.43 Å².